The van der Waals surface area contributed by atoms with Gasteiger partial charge in [0.2, 0.25) is 5.91 Å². The van der Waals surface area contributed by atoms with Crippen LogP contribution in [0.3, 0.4) is 0 Å². The van der Waals surface area contributed by atoms with Crippen molar-refractivity contribution in [2.75, 3.05) is 5.32 Å². The minimum Gasteiger partial charge on any atom is -0.393 e. The van der Waals surface area contributed by atoms with Gasteiger partial charge >= 0.3 is 0 Å². The van der Waals surface area contributed by atoms with E-state index in [2.05, 4.69) is 5.32 Å². The second kappa shape index (κ2) is 5.98. The summed E-state index contributed by atoms with van der Waals surface area (Å²) in [6.45, 7) is 3.68. The first-order valence-electron chi connectivity index (χ1n) is 5.26. The third-order valence-corrected chi connectivity index (χ3v) is 3.33. The number of benzene rings is 1. The fraction of sp³-hybridized carbons (Fsp3) is 0.333. The smallest absolute Gasteiger partial charge is 0.225 e. The summed E-state index contributed by atoms with van der Waals surface area (Å²) >= 11 is 10.8. The zero-order valence-electron chi connectivity index (χ0n) is 9.79. The van der Waals surface area contributed by atoms with Gasteiger partial charge in [0.05, 0.1) is 4.99 Å². The third-order valence-electron chi connectivity index (χ3n) is 2.52. The van der Waals surface area contributed by atoms with Crippen LogP contribution < -0.4 is 11.1 Å². The largest absolute Gasteiger partial charge is 0.393 e. The number of carbonyl (C=O) groups excluding carboxylic acids is 1. The Kier molecular flexibility index (Phi) is 4.90. The van der Waals surface area contributed by atoms with Gasteiger partial charge in [0, 0.05) is 23.0 Å². The highest BCUT2D eigenvalue weighted by Crippen LogP contribution is 2.23. The van der Waals surface area contributed by atoms with E-state index in [1.165, 1.54) is 0 Å². The predicted octanol–water partition coefficient (Wildman–Crippen LogP) is 2.90. The topological polar surface area (TPSA) is 55.1 Å². The second-order valence-corrected chi connectivity index (χ2v) is 4.85. The maximum absolute atomic E-state index is 11.7. The van der Waals surface area contributed by atoms with E-state index in [1.54, 1.807) is 12.1 Å². The molecule has 1 aromatic rings. The van der Waals surface area contributed by atoms with Crippen LogP contribution in [0.5, 0.6) is 0 Å². The van der Waals surface area contributed by atoms with E-state index in [-0.39, 0.29) is 18.2 Å². The number of anilines is 1. The summed E-state index contributed by atoms with van der Waals surface area (Å²) in [5.41, 5.74) is 7.03. The number of nitrogens with two attached hydrogens (primary N) is 1. The van der Waals surface area contributed by atoms with E-state index >= 15 is 0 Å². The van der Waals surface area contributed by atoms with Gasteiger partial charge in [0.25, 0.3) is 0 Å². The molecule has 5 heteroatoms. The predicted molar refractivity (Wildman–Crippen MR) is 75.4 cm³/mol. The molecule has 0 radical (unpaired) electrons. The average molecular weight is 271 g/mol. The molecule has 0 aliphatic heterocycles. The molecule has 0 bridgehead atoms. The number of halogens is 1. The van der Waals surface area contributed by atoms with Crippen molar-refractivity contribution >= 4 is 40.4 Å². The molecule has 1 amide bonds. The quantitative estimate of drug-likeness (QED) is 0.827. The Bertz CT molecular complexity index is 448. The first-order chi connectivity index (χ1) is 7.91. The summed E-state index contributed by atoms with van der Waals surface area (Å²) in [7, 11) is 0. The highest BCUT2D eigenvalue weighted by atomic mass is 35.5. The van der Waals surface area contributed by atoms with Gasteiger partial charge in [-0.2, -0.15) is 0 Å². The molecule has 1 rings (SSSR count). The minimum absolute atomic E-state index is 0.107. The molecule has 0 aliphatic carbocycles. The minimum atomic E-state index is -0.115. The first kappa shape index (κ1) is 13.9. The lowest BCUT2D eigenvalue weighted by atomic mass is 10.1. The molecule has 0 heterocycles. The number of hydrogen-bond donors (Lipinski definition) is 2. The molecule has 1 aromatic carbocycles. The van der Waals surface area contributed by atoms with Crippen molar-refractivity contribution < 1.29 is 4.79 Å². The Hall–Kier alpha value is -1.13. The number of hydrogen-bond acceptors (Lipinski definition) is 2. The summed E-state index contributed by atoms with van der Waals surface area (Å²) in [6.07, 6.45) is 0.279. The molecule has 0 saturated heterocycles. The summed E-state index contributed by atoms with van der Waals surface area (Å²) < 4.78 is 0. The van der Waals surface area contributed by atoms with Crippen molar-refractivity contribution in [3.05, 3.63) is 28.8 Å². The summed E-state index contributed by atoms with van der Waals surface area (Å²) in [5.74, 6) is -0.222. The highest BCUT2D eigenvalue weighted by Gasteiger charge is 2.12. The van der Waals surface area contributed by atoms with Gasteiger partial charge in [-0.1, -0.05) is 36.8 Å². The Labute approximate surface area is 111 Å². The van der Waals surface area contributed by atoms with Crippen LogP contribution in [0, 0.1) is 12.8 Å². The average Bonchev–Trinajstić information content (AvgIpc) is 2.24. The van der Waals surface area contributed by atoms with Crippen LogP contribution >= 0.6 is 23.8 Å². The zero-order chi connectivity index (χ0) is 13.0. The fourth-order valence-corrected chi connectivity index (χ4v) is 1.58. The van der Waals surface area contributed by atoms with Crippen LogP contribution in [-0.4, -0.2) is 10.9 Å². The number of thiocarbonyl (C=S) groups is 1. The highest BCUT2D eigenvalue weighted by molar-refractivity contribution is 7.80. The number of rotatable bonds is 4. The van der Waals surface area contributed by atoms with Gasteiger partial charge in [0.1, 0.15) is 0 Å². The summed E-state index contributed by atoms with van der Waals surface area (Å²) in [4.78, 5) is 12.1. The van der Waals surface area contributed by atoms with Crippen LogP contribution in [0.1, 0.15) is 18.9 Å². The molecule has 0 spiro atoms. The number of nitrogens with one attached hydrogen (secondary N) is 1. The van der Waals surface area contributed by atoms with Crippen LogP contribution in [-0.2, 0) is 4.79 Å². The standard InChI is InChI=1S/C12H15ClN2OS/c1-7(12(14)17)6-11(16)15-10-5-3-4-9(13)8(10)2/h3-5,7H,6H2,1-2H3,(H2,14,17)(H,15,16). The van der Waals surface area contributed by atoms with Crippen molar-refractivity contribution in [1.82, 2.24) is 0 Å². The maximum Gasteiger partial charge on any atom is 0.225 e. The van der Waals surface area contributed by atoms with Crippen LogP contribution in [0.15, 0.2) is 18.2 Å². The number of amides is 1. The van der Waals surface area contributed by atoms with Crippen molar-refractivity contribution in [3.8, 4) is 0 Å². The maximum atomic E-state index is 11.7. The molecule has 3 N–H and O–H groups in total. The molecule has 1 unspecified atom stereocenters. The third kappa shape index (κ3) is 3.98. The lowest BCUT2D eigenvalue weighted by Crippen LogP contribution is -2.24. The monoisotopic (exact) mass is 270 g/mol. The van der Waals surface area contributed by atoms with Gasteiger partial charge in [-0.05, 0) is 24.6 Å². The second-order valence-electron chi connectivity index (χ2n) is 3.97. The zero-order valence-corrected chi connectivity index (χ0v) is 11.4. The molecule has 3 nitrogen and oxygen atoms in total. The SMILES string of the molecule is Cc1c(Cl)cccc1NC(=O)CC(C)C(N)=S. The summed E-state index contributed by atoms with van der Waals surface area (Å²) in [6, 6.07) is 5.39. The molecule has 0 aromatic heterocycles. The van der Waals surface area contributed by atoms with Gasteiger partial charge in [0.15, 0.2) is 0 Å². The Balaban J connectivity index is 2.69. The number of carbonyl (C=O) groups is 1. The van der Waals surface area contributed by atoms with Crippen LogP contribution in [0.2, 0.25) is 5.02 Å². The van der Waals surface area contributed by atoms with E-state index in [1.807, 2.05) is 19.9 Å². The van der Waals surface area contributed by atoms with Gasteiger partial charge < -0.3 is 11.1 Å². The van der Waals surface area contributed by atoms with E-state index in [9.17, 15) is 4.79 Å². The van der Waals surface area contributed by atoms with Crippen molar-refractivity contribution in [2.45, 2.75) is 20.3 Å². The van der Waals surface area contributed by atoms with E-state index < -0.39 is 0 Å². The molecule has 0 aliphatic rings. The lowest BCUT2D eigenvalue weighted by molar-refractivity contribution is -0.116. The van der Waals surface area contributed by atoms with Gasteiger partial charge in [-0.25, -0.2) is 0 Å². The van der Waals surface area contributed by atoms with Crippen molar-refractivity contribution in [2.24, 2.45) is 11.7 Å². The molecule has 92 valence electrons. The van der Waals surface area contributed by atoms with Crippen LogP contribution in [0.25, 0.3) is 0 Å². The Morgan fingerprint density at radius 3 is 2.82 bits per heavy atom. The molecular weight excluding hydrogens is 256 g/mol. The molecular formula is C12H15ClN2OS. The van der Waals surface area contributed by atoms with E-state index in [4.69, 9.17) is 29.6 Å². The molecule has 0 saturated carbocycles. The van der Waals surface area contributed by atoms with Crippen molar-refractivity contribution in [1.29, 1.82) is 0 Å². The van der Waals surface area contributed by atoms with E-state index in [0.29, 0.717) is 10.0 Å². The van der Waals surface area contributed by atoms with Gasteiger partial charge in [-0.3, -0.25) is 4.79 Å². The Morgan fingerprint density at radius 1 is 1.59 bits per heavy atom. The van der Waals surface area contributed by atoms with Gasteiger partial charge in [-0.15, -0.1) is 0 Å². The van der Waals surface area contributed by atoms with Crippen molar-refractivity contribution in [3.63, 3.8) is 0 Å². The van der Waals surface area contributed by atoms with E-state index in [0.717, 1.165) is 11.3 Å². The molecule has 17 heavy (non-hydrogen) atoms. The molecule has 0 fully saturated rings. The first-order valence-corrected chi connectivity index (χ1v) is 6.04. The molecule has 1 atom stereocenters. The normalized spacial score (nSPS) is 11.9. The fourth-order valence-electron chi connectivity index (χ4n) is 1.32. The lowest BCUT2D eigenvalue weighted by Gasteiger charge is -2.12. The van der Waals surface area contributed by atoms with Crippen LogP contribution in [0.4, 0.5) is 5.69 Å². The summed E-state index contributed by atoms with van der Waals surface area (Å²) in [5, 5.41) is 3.43. The Morgan fingerprint density at radius 2 is 2.24 bits per heavy atom.